The lowest BCUT2D eigenvalue weighted by atomic mass is 9.60. The molecule has 3 N–H and O–H groups in total. The summed E-state index contributed by atoms with van der Waals surface area (Å²) in [5, 5.41) is 35.6. The maximum Gasteiger partial charge on any atom is 0.338 e. The Balaban J connectivity index is 1.34. The first kappa shape index (κ1) is 28.8. The van der Waals surface area contributed by atoms with E-state index in [0.29, 0.717) is 23.1 Å². The zero-order valence-electron chi connectivity index (χ0n) is 24.6. The van der Waals surface area contributed by atoms with E-state index < -0.39 is 46.1 Å². The van der Waals surface area contributed by atoms with E-state index in [1.165, 1.54) is 0 Å². The number of hydrogen-bond acceptors (Lipinski definition) is 7. The van der Waals surface area contributed by atoms with Crippen molar-refractivity contribution >= 4 is 11.9 Å². The Bertz CT molecular complexity index is 1450. The number of rotatable bonds is 6. The van der Waals surface area contributed by atoms with Gasteiger partial charge >= 0.3 is 11.9 Å². The van der Waals surface area contributed by atoms with E-state index in [1.54, 1.807) is 31.2 Å². The van der Waals surface area contributed by atoms with Crippen LogP contribution in [-0.2, 0) is 20.7 Å². The Morgan fingerprint density at radius 1 is 0.976 bits per heavy atom. The molecule has 8 atom stereocenters. The number of ether oxygens (including phenoxy) is 2. The minimum absolute atomic E-state index is 0.0359. The highest BCUT2D eigenvalue weighted by Crippen LogP contribution is 2.76. The Kier molecular flexibility index (Phi) is 6.80. The van der Waals surface area contributed by atoms with Gasteiger partial charge in [-0.3, -0.25) is 4.79 Å². The Morgan fingerprint density at radius 2 is 1.62 bits per heavy atom. The van der Waals surface area contributed by atoms with Crippen molar-refractivity contribution in [3.05, 3.63) is 95.1 Å². The van der Waals surface area contributed by atoms with Crippen molar-refractivity contribution in [3.8, 4) is 0 Å². The summed E-state index contributed by atoms with van der Waals surface area (Å²) in [6, 6.07) is 18.1. The van der Waals surface area contributed by atoms with Gasteiger partial charge in [0.25, 0.3) is 0 Å². The predicted octanol–water partition coefficient (Wildman–Crippen LogP) is 4.41. The van der Waals surface area contributed by atoms with Crippen LogP contribution in [0.3, 0.4) is 0 Å². The number of esters is 2. The molecule has 42 heavy (non-hydrogen) atoms. The molecule has 7 nitrogen and oxygen atoms in total. The summed E-state index contributed by atoms with van der Waals surface area (Å²) >= 11 is 0. The molecule has 4 aliphatic rings. The zero-order valence-corrected chi connectivity index (χ0v) is 24.6. The van der Waals surface area contributed by atoms with Gasteiger partial charge in [-0.2, -0.15) is 0 Å². The van der Waals surface area contributed by atoms with Crippen molar-refractivity contribution in [2.75, 3.05) is 6.61 Å². The number of aliphatic hydroxyl groups is 3. The summed E-state index contributed by atoms with van der Waals surface area (Å²) in [5.74, 6) is -2.76. The van der Waals surface area contributed by atoms with E-state index in [0.717, 1.165) is 5.56 Å². The fourth-order valence-electron chi connectivity index (χ4n) is 8.70. The number of benzene rings is 2. The van der Waals surface area contributed by atoms with Crippen LogP contribution in [0.1, 0.15) is 56.5 Å². The molecule has 2 aromatic rings. The molecule has 4 aliphatic carbocycles. The van der Waals surface area contributed by atoms with Gasteiger partial charge in [-0.1, -0.05) is 81.5 Å². The molecule has 6 rings (SSSR count). The summed E-state index contributed by atoms with van der Waals surface area (Å²) in [6.45, 7) is 7.56. The molecule has 0 saturated heterocycles. The minimum atomic E-state index is -1.66. The third kappa shape index (κ3) is 4.12. The molecule has 2 saturated carbocycles. The van der Waals surface area contributed by atoms with Crippen LogP contribution in [0.15, 0.2) is 84.0 Å². The highest BCUT2D eigenvalue weighted by atomic mass is 16.6. The van der Waals surface area contributed by atoms with Crippen molar-refractivity contribution in [2.45, 2.75) is 69.9 Å². The standard InChI is InChI=1S/C35H40O7/c1-21-15-27-33(39,30(21)41-31(38)25-13-9-6-10-14-25)19-24(20-36)16-26-29-32(3,4)34(29,18-22(2)35(26,27)40)42-28(37)17-23-11-7-5-8-12-23/h5-16,22,26-27,29-30,36,39-40H,17-20H2,1-4H3/t22-,26?,27-,29+,30-,33-,34+,35-/m1/s1. The number of aliphatic hydroxyl groups excluding tert-OH is 1. The molecule has 0 heterocycles. The number of carbonyl (C=O) groups excluding carboxylic acids is 2. The Hall–Kier alpha value is -3.26. The van der Waals surface area contributed by atoms with Gasteiger partial charge in [0.2, 0.25) is 0 Å². The average molecular weight is 573 g/mol. The van der Waals surface area contributed by atoms with Crippen LogP contribution >= 0.6 is 0 Å². The van der Waals surface area contributed by atoms with Gasteiger partial charge in [0.05, 0.1) is 24.2 Å². The summed E-state index contributed by atoms with van der Waals surface area (Å²) in [7, 11) is 0. The number of fused-ring (bicyclic) bond motifs is 5. The first-order valence-corrected chi connectivity index (χ1v) is 14.8. The lowest BCUT2D eigenvalue weighted by molar-refractivity contribution is -0.196. The van der Waals surface area contributed by atoms with Gasteiger partial charge in [0.1, 0.15) is 11.2 Å². The van der Waals surface area contributed by atoms with Gasteiger partial charge in [-0.25, -0.2) is 4.79 Å². The van der Waals surface area contributed by atoms with Crippen LogP contribution in [0.2, 0.25) is 0 Å². The molecule has 1 unspecified atom stereocenters. The molecule has 222 valence electrons. The first-order valence-electron chi connectivity index (χ1n) is 14.8. The Labute approximate surface area is 246 Å². The second kappa shape index (κ2) is 9.90. The molecule has 7 heteroatoms. The summed E-state index contributed by atoms with van der Waals surface area (Å²) < 4.78 is 12.3. The van der Waals surface area contributed by atoms with Crippen LogP contribution in [0.25, 0.3) is 0 Å². The van der Waals surface area contributed by atoms with Crippen LogP contribution in [-0.4, -0.2) is 56.8 Å². The lowest BCUT2D eigenvalue weighted by Gasteiger charge is -2.51. The van der Waals surface area contributed by atoms with Crippen LogP contribution in [0.4, 0.5) is 0 Å². The second-order valence-corrected chi connectivity index (χ2v) is 13.4. The normalized spacial score (nSPS) is 37.6. The van der Waals surface area contributed by atoms with Crippen LogP contribution < -0.4 is 0 Å². The molecule has 0 radical (unpaired) electrons. The van der Waals surface area contributed by atoms with Gasteiger partial charge in [-0.15, -0.1) is 0 Å². The molecule has 2 fully saturated rings. The van der Waals surface area contributed by atoms with Crippen molar-refractivity contribution < 1.29 is 34.4 Å². The minimum Gasteiger partial charge on any atom is -0.458 e. The van der Waals surface area contributed by atoms with Gasteiger partial charge in [-0.05, 0) is 48.1 Å². The van der Waals surface area contributed by atoms with Crippen molar-refractivity contribution in [2.24, 2.45) is 29.1 Å². The highest BCUT2D eigenvalue weighted by Gasteiger charge is 2.83. The van der Waals surface area contributed by atoms with E-state index in [1.807, 2.05) is 55.5 Å². The fourth-order valence-corrected chi connectivity index (χ4v) is 8.70. The molecule has 0 aromatic heterocycles. The maximum atomic E-state index is 13.2. The summed E-state index contributed by atoms with van der Waals surface area (Å²) in [5.41, 5.74) is -1.87. The molecule has 0 spiro atoms. The van der Waals surface area contributed by atoms with E-state index in [4.69, 9.17) is 9.47 Å². The van der Waals surface area contributed by atoms with E-state index >= 15 is 0 Å². The quantitative estimate of drug-likeness (QED) is 0.347. The Morgan fingerprint density at radius 3 is 2.26 bits per heavy atom. The number of hydrogen-bond donors (Lipinski definition) is 3. The summed E-state index contributed by atoms with van der Waals surface area (Å²) in [6.07, 6.45) is 3.37. The smallest absolute Gasteiger partial charge is 0.338 e. The van der Waals surface area contributed by atoms with Gasteiger partial charge in [0, 0.05) is 29.6 Å². The second-order valence-electron chi connectivity index (χ2n) is 13.4. The third-order valence-corrected chi connectivity index (χ3v) is 10.8. The van der Waals surface area contributed by atoms with Crippen molar-refractivity contribution in [1.29, 1.82) is 0 Å². The molecular formula is C35H40O7. The number of carbonyl (C=O) groups is 2. The molecular weight excluding hydrogens is 532 g/mol. The largest absolute Gasteiger partial charge is 0.458 e. The highest BCUT2D eigenvalue weighted by molar-refractivity contribution is 5.89. The lowest BCUT2D eigenvalue weighted by Crippen LogP contribution is -2.62. The van der Waals surface area contributed by atoms with Gasteiger partial charge in [0.15, 0.2) is 6.10 Å². The van der Waals surface area contributed by atoms with Gasteiger partial charge < -0.3 is 24.8 Å². The molecule has 2 aromatic carbocycles. The fraction of sp³-hybridized carbons (Fsp3) is 0.486. The topological polar surface area (TPSA) is 113 Å². The first-order chi connectivity index (χ1) is 19.9. The maximum absolute atomic E-state index is 13.2. The average Bonchev–Trinajstić information content (AvgIpc) is 3.35. The molecule has 0 amide bonds. The van der Waals surface area contributed by atoms with Crippen molar-refractivity contribution in [3.63, 3.8) is 0 Å². The zero-order chi connectivity index (χ0) is 30.1. The van der Waals surface area contributed by atoms with E-state index in [2.05, 4.69) is 13.8 Å². The van der Waals surface area contributed by atoms with E-state index in [9.17, 15) is 24.9 Å². The van der Waals surface area contributed by atoms with Crippen molar-refractivity contribution in [1.82, 2.24) is 0 Å². The van der Waals surface area contributed by atoms with E-state index in [-0.39, 0.29) is 37.3 Å². The molecule has 0 bridgehead atoms. The van der Waals surface area contributed by atoms with Crippen LogP contribution in [0, 0.1) is 29.1 Å². The SMILES string of the molecule is CC1=C[C@@H]2[C@](O)(CC(CO)=CC3[C@H]4C(C)(C)[C@]4(OC(=O)Cc4ccccc4)C[C@@H](C)[C@@]32O)[C@@H]1OC(=O)c1ccccc1. The monoisotopic (exact) mass is 572 g/mol. The summed E-state index contributed by atoms with van der Waals surface area (Å²) in [4.78, 5) is 26.3. The predicted molar refractivity (Wildman–Crippen MR) is 156 cm³/mol. The van der Waals surface area contributed by atoms with Crippen LogP contribution in [0.5, 0.6) is 0 Å². The third-order valence-electron chi connectivity index (χ3n) is 10.8. The molecule has 0 aliphatic heterocycles.